The number of amides is 1. The van der Waals surface area contributed by atoms with E-state index in [-0.39, 0.29) is 17.7 Å². The third-order valence-corrected chi connectivity index (χ3v) is 7.99. The van der Waals surface area contributed by atoms with Crippen molar-refractivity contribution in [3.63, 3.8) is 0 Å². The number of hydrogen-bond donors (Lipinski definition) is 1. The molecule has 7 rings (SSSR count). The predicted molar refractivity (Wildman–Crippen MR) is 130 cm³/mol. The van der Waals surface area contributed by atoms with Crippen molar-refractivity contribution in [1.29, 1.82) is 0 Å². The van der Waals surface area contributed by atoms with Gasteiger partial charge in [-0.05, 0) is 47.7 Å². The molecule has 1 unspecified atom stereocenters. The minimum Gasteiger partial charge on any atom is -0.301 e. The van der Waals surface area contributed by atoms with Gasteiger partial charge in [0.25, 0.3) is 0 Å². The molecule has 0 fully saturated rings. The van der Waals surface area contributed by atoms with Crippen LogP contribution < -0.4 is 5.32 Å². The van der Waals surface area contributed by atoms with Crippen LogP contribution in [-0.2, 0) is 4.79 Å². The van der Waals surface area contributed by atoms with Crippen LogP contribution in [0.15, 0.2) is 78.2 Å². The van der Waals surface area contributed by atoms with E-state index < -0.39 is 5.41 Å². The molecule has 5 heteroatoms. The van der Waals surface area contributed by atoms with E-state index in [1.807, 2.05) is 29.6 Å². The van der Waals surface area contributed by atoms with E-state index in [4.69, 9.17) is 11.6 Å². The average molecular weight is 457 g/mol. The number of fused-ring (bicyclic) bond motifs is 1. The summed E-state index contributed by atoms with van der Waals surface area (Å²) >= 11 is 7.58. The van der Waals surface area contributed by atoms with E-state index in [0.717, 1.165) is 17.7 Å². The van der Waals surface area contributed by atoms with Gasteiger partial charge in [0.05, 0.1) is 11.1 Å². The Balaban J connectivity index is 1.35. The monoisotopic (exact) mass is 456 g/mol. The van der Waals surface area contributed by atoms with E-state index >= 15 is 0 Å². The maximum atomic E-state index is 13.7. The maximum absolute atomic E-state index is 13.7. The quantitative estimate of drug-likeness (QED) is 0.357. The molecule has 158 valence electrons. The summed E-state index contributed by atoms with van der Waals surface area (Å²) in [5.41, 5.74) is 6.49. The molecule has 3 aliphatic carbocycles. The van der Waals surface area contributed by atoms with Gasteiger partial charge in [0, 0.05) is 27.8 Å². The Bertz CT molecular complexity index is 1320. The minimum atomic E-state index is -0.546. The fourth-order valence-electron chi connectivity index (χ4n) is 5.54. The molecule has 3 nitrogen and oxygen atoms in total. The highest BCUT2D eigenvalue weighted by atomic mass is 35.5. The van der Waals surface area contributed by atoms with Gasteiger partial charge in [-0.15, -0.1) is 11.3 Å². The first kappa shape index (κ1) is 19.7. The molecule has 0 spiro atoms. The first-order valence-corrected chi connectivity index (χ1v) is 12.0. The Labute approximate surface area is 196 Å². The van der Waals surface area contributed by atoms with Gasteiger partial charge in [-0.1, -0.05) is 72.3 Å². The lowest BCUT2D eigenvalue weighted by molar-refractivity contribution is -0.126. The van der Waals surface area contributed by atoms with Crippen LogP contribution in [0.2, 0.25) is 5.02 Å². The molecule has 0 saturated heterocycles. The lowest BCUT2D eigenvalue weighted by Gasteiger charge is -2.50. The van der Waals surface area contributed by atoms with Gasteiger partial charge in [-0.2, -0.15) is 0 Å². The van der Waals surface area contributed by atoms with E-state index in [1.165, 1.54) is 33.6 Å². The number of nitrogens with one attached hydrogen (secondary N) is 1. The van der Waals surface area contributed by atoms with Crippen LogP contribution in [0, 0.1) is 5.41 Å². The van der Waals surface area contributed by atoms with Crippen molar-refractivity contribution in [1.82, 2.24) is 4.98 Å². The highest BCUT2D eigenvalue weighted by Crippen LogP contribution is 2.61. The number of nitrogens with zero attached hydrogens (tertiary/aromatic N) is 1. The van der Waals surface area contributed by atoms with E-state index in [2.05, 4.69) is 65.8 Å². The van der Waals surface area contributed by atoms with Gasteiger partial charge >= 0.3 is 0 Å². The highest BCUT2D eigenvalue weighted by molar-refractivity contribution is 7.14. The molecular formula is C27H21ClN2OS. The molecule has 1 amide bonds. The normalized spacial score (nSPS) is 22.8. The maximum Gasteiger partial charge on any atom is 0.233 e. The van der Waals surface area contributed by atoms with Crippen LogP contribution in [0.5, 0.6) is 0 Å². The molecule has 32 heavy (non-hydrogen) atoms. The van der Waals surface area contributed by atoms with Crippen molar-refractivity contribution < 1.29 is 4.79 Å². The Hall–Kier alpha value is -2.95. The number of carbonyl (C=O) groups is 1. The molecular weight excluding hydrogens is 436 g/mol. The number of benzene rings is 3. The van der Waals surface area contributed by atoms with Crippen LogP contribution in [0.25, 0.3) is 11.3 Å². The zero-order valence-corrected chi connectivity index (χ0v) is 19.1. The molecule has 1 atom stereocenters. The van der Waals surface area contributed by atoms with Crippen LogP contribution in [0.3, 0.4) is 0 Å². The summed E-state index contributed by atoms with van der Waals surface area (Å²) in [7, 11) is 0. The average Bonchev–Trinajstić information content (AvgIpc) is 3.28. The molecule has 3 aromatic carbocycles. The lowest BCUT2D eigenvalue weighted by atomic mass is 9.52. The Morgan fingerprint density at radius 2 is 1.66 bits per heavy atom. The van der Waals surface area contributed by atoms with E-state index in [0.29, 0.717) is 10.2 Å². The van der Waals surface area contributed by atoms with Gasteiger partial charge in [-0.25, -0.2) is 4.98 Å². The topological polar surface area (TPSA) is 42.0 Å². The smallest absolute Gasteiger partial charge is 0.233 e. The number of aromatic nitrogens is 1. The van der Waals surface area contributed by atoms with Crippen molar-refractivity contribution in [2.24, 2.45) is 5.41 Å². The summed E-state index contributed by atoms with van der Waals surface area (Å²) in [5.74, 6) is 0.303. The van der Waals surface area contributed by atoms with Gasteiger partial charge < -0.3 is 5.32 Å². The Morgan fingerprint density at radius 3 is 2.31 bits per heavy atom. The summed E-state index contributed by atoms with van der Waals surface area (Å²) in [6, 6.07) is 24.8. The Kier molecular flexibility index (Phi) is 4.49. The third kappa shape index (κ3) is 2.94. The first-order chi connectivity index (χ1) is 15.5. The first-order valence-electron chi connectivity index (χ1n) is 10.8. The minimum absolute atomic E-state index is 0.0310. The van der Waals surface area contributed by atoms with Crippen molar-refractivity contribution >= 4 is 34.0 Å². The van der Waals surface area contributed by atoms with E-state index in [1.54, 1.807) is 0 Å². The number of thiazole rings is 1. The predicted octanol–water partition coefficient (Wildman–Crippen LogP) is 7.09. The molecule has 1 aromatic heterocycles. The molecule has 4 aromatic rings. The van der Waals surface area contributed by atoms with E-state index in [9.17, 15) is 4.79 Å². The molecule has 3 aliphatic rings. The SMILES string of the molecule is CC1(C(=O)Nc2nc(-c3cccc(Cl)c3)cs2)CC2c3ccccc3C1c1ccccc12. The summed E-state index contributed by atoms with van der Waals surface area (Å²) in [4.78, 5) is 18.4. The molecule has 2 bridgehead atoms. The van der Waals surface area contributed by atoms with Gasteiger partial charge in [0.1, 0.15) is 0 Å². The van der Waals surface area contributed by atoms with Crippen LogP contribution in [0.4, 0.5) is 5.13 Å². The number of anilines is 1. The second-order valence-corrected chi connectivity index (χ2v) is 10.2. The number of hydrogen-bond acceptors (Lipinski definition) is 3. The second kappa shape index (κ2) is 7.29. The fourth-order valence-corrected chi connectivity index (χ4v) is 6.45. The van der Waals surface area contributed by atoms with Crippen LogP contribution in [0.1, 0.15) is 47.4 Å². The summed E-state index contributed by atoms with van der Waals surface area (Å²) in [5, 5.41) is 6.39. The van der Waals surface area contributed by atoms with Crippen molar-refractivity contribution in [3.05, 3.63) is 105 Å². The highest BCUT2D eigenvalue weighted by Gasteiger charge is 2.53. The van der Waals surface area contributed by atoms with Gasteiger partial charge in [-0.3, -0.25) is 4.79 Å². The summed E-state index contributed by atoms with van der Waals surface area (Å²) < 4.78 is 0. The third-order valence-electron chi connectivity index (χ3n) is 6.99. The van der Waals surface area contributed by atoms with Gasteiger partial charge in [0.15, 0.2) is 5.13 Å². The van der Waals surface area contributed by atoms with Crippen LogP contribution >= 0.6 is 22.9 Å². The van der Waals surface area contributed by atoms with Crippen molar-refractivity contribution in [3.8, 4) is 11.3 Å². The second-order valence-electron chi connectivity index (χ2n) is 8.87. The summed E-state index contributed by atoms with van der Waals surface area (Å²) in [6.45, 7) is 2.11. The van der Waals surface area contributed by atoms with Crippen molar-refractivity contribution in [2.75, 3.05) is 5.32 Å². The van der Waals surface area contributed by atoms with Crippen molar-refractivity contribution in [2.45, 2.75) is 25.2 Å². The van der Waals surface area contributed by atoms with Gasteiger partial charge in [0.2, 0.25) is 5.91 Å². The fraction of sp³-hybridized carbons (Fsp3) is 0.185. The van der Waals surface area contributed by atoms with Crippen LogP contribution in [-0.4, -0.2) is 10.9 Å². The lowest BCUT2D eigenvalue weighted by Crippen LogP contribution is -2.47. The number of carbonyl (C=O) groups excluding carboxylic acids is 1. The summed E-state index contributed by atoms with van der Waals surface area (Å²) in [6.07, 6.45) is 0.796. The standard InChI is InChI=1S/C27H21ClN2OS/c1-27(25(31)30-26-29-23(15-32-26)16-7-6-8-17(28)13-16)14-22-18-9-2-4-11-20(18)24(27)21-12-5-3-10-19(21)22/h2-13,15,22,24H,14H2,1H3,(H,29,30,31). The molecule has 0 radical (unpaired) electrons. The molecule has 0 aliphatic heterocycles. The molecule has 1 heterocycles. The number of halogens is 1. The number of rotatable bonds is 3. The zero-order chi connectivity index (χ0) is 21.9. The zero-order valence-electron chi connectivity index (χ0n) is 17.5. The molecule has 1 N–H and O–H groups in total. The Morgan fingerprint density at radius 1 is 1.00 bits per heavy atom. The molecule has 0 saturated carbocycles. The largest absolute Gasteiger partial charge is 0.301 e.